The van der Waals surface area contributed by atoms with Gasteiger partial charge in [0.15, 0.2) is 0 Å². The molecule has 30 heavy (non-hydrogen) atoms. The van der Waals surface area contributed by atoms with E-state index in [2.05, 4.69) is 6.07 Å². The first-order valence-electron chi connectivity index (χ1n) is 10.1. The third kappa shape index (κ3) is 3.95. The minimum atomic E-state index is -0.256. The molecular weight excluding hydrogens is 376 g/mol. The van der Waals surface area contributed by atoms with Gasteiger partial charge in [0, 0.05) is 10.9 Å². The number of benzene rings is 4. The highest BCUT2D eigenvalue weighted by molar-refractivity contribution is 5.88. The lowest BCUT2D eigenvalue weighted by atomic mass is 9.96. The lowest BCUT2D eigenvalue weighted by Gasteiger charge is -2.10. The van der Waals surface area contributed by atoms with Gasteiger partial charge in [-0.05, 0) is 71.2 Å². The van der Waals surface area contributed by atoms with Gasteiger partial charge in [0.05, 0.1) is 11.6 Å². The molecule has 0 fully saturated rings. The normalized spacial score (nSPS) is 10.9. The smallest absolute Gasteiger partial charge is 0.134 e. The van der Waals surface area contributed by atoms with Crippen molar-refractivity contribution in [3.05, 3.63) is 107 Å². The van der Waals surface area contributed by atoms with Crippen LogP contribution >= 0.6 is 0 Å². The largest absolute Gasteiger partial charge is 0.206 e. The van der Waals surface area contributed by atoms with Crippen molar-refractivity contribution in [2.45, 2.75) is 26.2 Å². The second kappa shape index (κ2) is 8.47. The molecule has 4 rings (SSSR count). The van der Waals surface area contributed by atoms with E-state index in [1.54, 1.807) is 36.4 Å². The van der Waals surface area contributed by atoms with Crippen LogP contribution in [-0.2, 0) is 19.3 Å². The van der Waals surface area contributed by atoms with Crippen LogP contribution in [0, 0.1) is 23.0 Å². The fraction of sp³-hybridized carbons (Fsp3) is 0.148. The number of hydrogen-bond acceptors (Lipinski definition) is 1. The number of aryl methyl sites for hydroxylation is 3. The van der Waals surface area contributed by atoms with E-state index in [1.165, 1.54) is 0 Å². The van der Waals surface area contributed by atoms with Crippen LogP contribution in [0.4, 0.5) is 8.78 Å². The Morgan fingerprint density at radius 2 is 1.57 bits per heavy atom. The number of nitriles is 1. The average molecular weight is 397 g/mol. The summed E-state index contributed by atoms with van der Waals surface area (Å²) in [6.07, 6.45) is 2.05. The van der Waals surface area contributed by atoms with Gasteiger partial charge in [-0.25, -0.2) is 8.78 Å². The first kappa shape index (κ1) is 19.8. The Bertz CT molecular complexity index is 1250. The first-order chi connectivity index (χ1) is 14.6. The molecule has 0 aliphatic heterocycles. The van der Waals surface area contributed by atoms with Crippen molar-refractivity contribution in [1.82, 2.24) is 0 Å². The number of fused-ring (bicyclic) bond motifs is 1. The van der Waals surface area contributed by atoms with E-state index in [9.17, 15) is 4.39 Å². The van der Waals surface area contributed by atoms with E-state index in [4.69, 9.17) is 5.26 Å². The summed E-state index contributed by atoms with van der Waals surface area (Å²) in [6, 6.07) is 23.8. The zero-order valence-corrected chi connectivity index (χ0v) is 16.8. The summed E-state index contributed by atoms with van der Waals surface area (Å²) in [6.45, 7) is 1.99. The molecule has 0 bridgehead atoms. The zero-order chi connectivity index (χ0) is 21.1. The van der Waals surface area contributed by atoms with Crippen molar-refractivity contribution in [3.8, 4) is 17.2 Å². The van der Waals surface area contributed by atoms with Crippen molar-refractivity contribution in [3.63, 3.8) is 0 Å². The van der Waals surface area contributed by atoms with Crippen LogP contribution in [0.2, 0.25) is 0 Å². The van der Waals surface area contributed by atoms with Crippen LogP contribution < -0.4 is 0 Å². The third-order valence-electron chi connectivity index (χ3n) is 5.55. The summed E-state index contributed by atoms with van der Waals surface area (Å²) in [5.74, 6) is -0.484. The molecule has 4 aromatic rings. The van der Waals surface area contributed by atoms with Gasteiger partial charge < -0.3 is 0 Å². The van der Waals surface area contributed by atoms with E-state index < -0.39 is 0 Å². The van der Waals surface area contributed by atoms with Gasteiger partial charge in [0.1, 0.15) is 11.6 Å². The highest BCUT2D eigenvalue weighted by Gasteiger charge is 2.11. The number of halogens is 2. The average Bonchev–Trinajstić information content (AvgIpc) is 2.78. The summed E-state index contributed by atoms with van der Waals surface area (Å²) in [4.78, 5) is 0. The van der Waals surface area contributed by atoms with Crippen molar-refractivity contribution in [1.29, 1.82) is 5.26 Å². The molecule has 0 N–H and O–H groups in total. The Hall–Kier alpha value is -3.51. The summed E-state index contributed by atoms with van der Waals surface area (Å²) < 4.78 is 29.6. The first-order valence-corrected chi connectivity index (χ1v) is 10.1. The molecule has 0 heterocycles. The molecule has 0 atom stereocenters. The molecule has 0 unspecified atom stereocenters. The van der Waals surface area contributed by atoms with Crippen LogP contribution in [0.3, 0.4) is 0 Å². The molecule has 3 heteroatoms. The Labute approximate surface area is 175 Å². The van der Waals surface area contributed by atoms with Crippen molar-refractivity contribution >= 4 is 10.8 Å². The minimum absolute atomic E-state index is 0.227. The van der Waals surface area contributed by atoms with E-state index in [0.717, 1.165) is 28.5 Å². The van der Waals surface area contributed by atoms with E-state index in [0.29, 0.717) is 34.9 Å². The van der Waals surface area contributed by atoms with Crippen LogP contribution in [0.5, 0.6) is 0 Å². The predicted octanol–water partition coefficient (Wildman–Crippen LogP) is 7.00. The maximum Gasteiger partial charge on any atom is 0.134 e. The minimum Gasteiger partial charge on any atom is -0.206 e. The summed E-state index contributed by atoms with van der Waals surface area (Å²) in [5.41, 5.74) is 4.56. The number of rotatable bonds is 5. The molecule has 0 aromatic heterocycles. The highest BCUT2D eigenvalue weighted by Crippen LogP contribution is 2.30. The molecular formula is C27H21F2N. The fourth-order valence-electron chi connectivity index (χ4n) is 3.74. The summed E-state index contributed by atoms with van der Waals surface area (Å²) in [7, 11) is 0. The Morgan fingerprint density at radius 1 is 0.800 bits per heavy atom. The second-order valence-electron chi connectivity index (χ2n) is 7.45. The van der Waals surface area contributed by atoms with Gasteiger partial charge in [-0.3, -0.25) is 0 Å². The monoisotopic (exact) mass is 397 g/mol. The van der Waals surface area contributed by atoms with Crippen LogP contribution in [0.15, 0.2) is 72.8 Å². The number of hydrogen-bond donors (Lipinski definition) is 0. The molecule has 0 radical (unpaired) electrons. The standard InChI is InChI=1S/C27H21F2N/c1-2-18-8-13-24(26(28)15-18)22-12-14-25-23(16-22)11-10-21(27(25)29)9-7-19-3-5-20(17-30)6-4-19/h3-6,8,10-16H,2,7,9H2,1H3. The second-order valence-corrected chi connectivity index (χ2v) is 7.45. The quantitative estimate of drug-likeness (QED) is 0.355. The van der Waals surface area contributed by atoms with Gasteiger partial charge in [0.25, 0.3) is 0 Å². The van der Waals surface area contributed by atoms with Gasteiger partial charge in [0.2, 0.25) is 0 Å². The Morgan fingerprint density at radius 3 is 2.27 bits per heavy atom. The maximum absolute atomic E-state index is 15.1. The molecule has 4 aromatic carbocycles. The topological polar surface area (TPSA) is 23.8 Å². The van der Waals surface area contributed by atoms with E-state index >= 15 is 4.39 Å². The highest BCUT2D eigenvalue weighted by atomic mass is 19.1. The van der Waals surface area contributed by atoms with Crippen LogP contribution in [-0.4, -0.2) is 0 Å². The van der Waals surface area contributed by atoms with E-state index in [1.807, 2.05) is 43.3 Å². The van der Waals surface area contributed by atoms with Gasteiger partial charge in [-0.1, -0.05) is 55.5 Å². The summed E-state index contributed by atoms with van der Waals surface area (Å²) >= 11 is 0. The molecule has 0 saturated carbocycles. The molecule has 0 aliphatic carbocycles. The van der Waals surface area contributed by atoms with Crippen molar-refractivity contribution in [2.24, 2.45) is 0 Å². The van der Waals surface area contributed by atoms with Crippen molar-refractivity contribution in [2.75, 3.05) is 0 Å². The molecule has 0 spiro atoms. The fourth-order valence-corrected chi connectivity index (χ4v) is 3.74. The molecule has 1 nitrogen and oxygen atoms in total. The van der Waals surface area contributed by atoms with Gasteiger partial charge in [-0.15, -0.1) is 0 Å². The van der Waals surface area contributed by atoms with Gasteiger partial charge in [-0.2, -0.15) is 5.26 Å². The SMILES string of the molecule is CCc1ccc(-c2ccc3c(F)c(CCc4ccc(C#N)cc4)ccc3c2)c(F)c1. The molecule has 0 amide bonds. The summed E-state index contributed by atoms with van der Waals surface area (Å²) in [5, 5.41) is 10.2. The van der Waals surface area contributed by atoms with Crippen LogP contribution in [0.25, 0.3) is 21.9 Å². The molecule has 148 valence electrons. The maximum atomic E-state index is 15.1. The lowest BCUT2D eigenvalue weighted by Crippen LogP contribution is -1.96. The van der Waals surface area contributed by atoms with Gasteiger partial charge >= 0.3 is 0 Å². The van der Waals surface area contributed by atoms with Crippen LogP contribution in [0.1, 0.15) is 29.2 Å². The Kier molecular flexibility index (Phi) is 5.59. The molecule has 0 saturated heterocycles. The predicted molar refractivity (Wildman–Crippen MR) is 117 cm³/mol. The Balaban J connectivity index is 1.60. The zero-order valence-electron chi connectivity index (χ0n) is 16.8. The third-order valence-corrected chi connectivity index (χ3v) is 5.55. The van der Waals surface area contributed by atoms with E-state index in [-0.39, 0.29) is 11.6 Å². The number of nitrogens with zero attached hydrogens (tertiary/aromatic N) is 1. The van der Waals surface area contributed by atoms with Crippen molar-refractivity contribution < 1.29 is 8.78 Å². The molecule has 0 aliphatic rings. The lowest BCUT2D eigenvalue weighted by molar-refractivity contribution is 0.620.